The summed E-state index contributed by atoms with van der Waals surface area (Å²) in [6, 6.07) is 0. The number of aromatic nitrogens is 2. The topological polar surface area (TPSA) is 222 Å². The van der Waals surface area contributed by atoms with Crippen LogP contribution in [0.3, 0.4) is 0 Å². The fourth-order valence-electron chi connectivity index (χ4n) is 15.0. The number of anilines is 1. The number of rotatable bonds is 19. The molecule has 2 aromatic rings. The molecule has 2 bridgehead atoms. The number of hydrogen-bond donors (Lipinski definition) is 3. The number of amides is 2. The van der Waals surface area contributed by atoms with Gasteiger partial charge in [0.05, 0.1) is 24.1 Å². The second-order valence-corrected chi connectivity index (χ2v) is 33.1. The number of ether oxygens (including phenoxy) is 4. The predicted octanol–water partition coefficient (Wildman–Crippen LogP) is 15.5. The van der Waals surface area contributed by atoms with E-state index >= 15 is 19.2 Å². The van der Waals surface area contributed by atoms with Crippen molar-refractivity contribution in [3.05, 3.63) is 51.4 Å². The molecule has 2 aliphatic carbocycles. The lowest BCUT2D eigenvalue weighted by Crippen LogP contribution is -2.49. The largest absolute Gasteiger partial charge is 0.481 e. The van der Waals surface area contributed by atoms with E-state index in [4.69, 9.17) is 23.9 Å². The molecule has 2 fully saturated rings. The van der Waals surface area contributed by atoms with E-state index in [2.05, 4.69) is 114 Å². The minimum absolute atomic E-state index is 0.00186. The number of nitrogens with one attached hydrogen (secondary N) is 2. The van der Waals surface area contributed by atoms with E-state index in [0.29, 0.717) is 91.1 Å². The van der Waals surface area contributed by atoms with Crippen molar-refractivity contribution in [3.63, 3.8) is 0 Å². The highest BCUT2D eigenvalue weighted by Crippen LogP contribution is 2.52. The van der Waals surface area contributed by atoms with Gasteiger partial charge in [-0.1, -0.05) is 159 Å². The number of carbonyl (C=O) groups is 7. The van der Waals surface area contributed by atoms with Gasteiger partial charge in [0.15, 0.2) is 6.73 Å². The summed E-state index contributed by atoms with van der Waals surface area (Å²) in [7, 11) is 0. The minimum atomic E-state index is -1.21. The van der Waals surface area contributed by atoms with Crippen LogP contribution in [0.15, 0.2) is 17.6 Å². The summed E-state index contributed by atoms with van der Waals surface area (Å²) in [6.07, 6.45) is 7.61. The van der Waals surface area contributed by atoms with Gasteiger partial charge in [-0.05, 0) is 145 Å². The van der Waals surface area contributed by atoms with Crippen molar-refractivity contribution in [2.24, 2.45) is 73.0 Å². The third-order valence-corrected chi connectivity index (χ3v) is 22.0. The van der Waals surface area contributed by atoms with Crippen LogP contribution in [0.4, 0.5) is 5.82 Å². The smallest absolute Gasteiger partial charge is 0.342 e. The predicted molar refractivity (Wildman–Crippen MR) is 359 cm³/mol. The molecule has 3 heterocycles. The van der Waals surface area contributed by atoms with E-state index < -0.39 is 94.9 Å². The molecule has 0 radical (unpaired) electrons. The summed E-state index contributed by atoms with van der Waals surface area (Å²) >= 11 is 1.14. The molecule has 2 amide bonds. The zero-order valence-electron chi connectivity index (χ0n) is 59.3. The molecule has 506 valence electrons. The number of nitrogens with zero attached hydrogens (tertiary/aromatic N) is 2. The molecule has 90 heavy (non-hydrogen) atoms. The lowest BCUT2D eigenvalue weighted by atomic mass is 9.59. The molecule has 5 atom stereocenters. The molecule has 0 saturated heterocycles. The molecule has 2 saturated carbocycles. The molecule has 16 nitrogen and oxygen atoms in total. The highest BCUT2D eigenvalue weighted by atomic mass is 32.2. The van der Waals surface area contributed by atoms with Gasteiger partial charge in [-0.15, -0.1) is 11.8 Å². The van der Waals surface area contributed by atoms with E-state index in [1.54, 1.807) is 10.6 Å². The Hall–Kier alpha value is -5.19. The van der Waals surface area contributed by atoms with Crippen LogP contribution < -0.4 is 16.2 Å². The first-order valence-corrected chi connectivity index (χ1v) is 34.9. The Kier molecular flexibility index (Phi) is 25.4. The first-order chi connectivity index (χ1) is 41.7. The second-order valence-electron chi connectivity index (χ2n) is 31.8. The van der Waals surface area contributed by atoms with E-state index in [-0.39, 0.29) is 74.4 Å². The Morgan fingerprint density at radius 2 is 1.26 bits per heavy atom. The number of hydrogen-bond acceptors (Lipinski definition) is 12. The average Bonchev–Trinajstić information content (AvgIpc) is 1.53. The summed E-state index contributed by atoms with van der Waals surface area (Å²) in [5, 5.41) is 12.7. The molecule has 2 aromatic heterocycles. The highest BCUT2D eigenvalue weighted by Gasteiger charge is 2.51. The first kappa shape index (κ1) is 75.5. The number of aliphatic carboxylic acids is 1. The molecule has 17 heteroatoms. The Bertz CT molecular complexity index is 2970. The molecular formula is C73H116N4O12S. The first-order valence-electron chi connectivity index (χ1n) is 33.8. The minimum Gasteiger partial charge on any atom is -0.481 e. The van der Waals surface area contributed by atoms with Crippen LogP contribution in [0.5, 0.6) is 0 Å². The van der Waals surface area contributed by atoms with Crippen molar-refractivity contribution < 1.29 is 57.6 Å². The fraction of sp³-hybridized carbons (Fsp3) is 0.753. The summed E-state index contributed by atoms with van der Waals surface area (Å²) < 4.78 is 27.5. The third kappa shape index (κ3) is 17.5. The molecule has 0 spiro atoms. The van der Waals surface area contributed by atoms with Gasteiger partial charge in [0.2, 0.25) is 5.91 Å². The van der Waals surface area contributed by atoms with Crippen molar-refractivity contribution in [2.75, 3.05) is 17.7 Å². The van der Waals surface area contributed by atoms with Crippen LogP contribution in [-0.2, 0) is 49.7 Å². The van der Waals surface area contributed by atoms with Gasteiger partial charge in [0.25, 0.3) is 5.91 Å². The van der Waals surface area contributed by atoms with Crippen LogP contribution >= 0.6 is 11.8 Å². The standard InChI is InChI=1S/C73H116N4O12S/c1-24-54(80)86-33-29-31-72(25-2,26-3)67(85)76-62-58(65(83)89-60-48(70(18,19)20)37-45(11)38-49(60)71(21,22)23)56(43(8)9)51-39-50-55(42(6)7)57(64(82)88-59-46(68(12,13)14)35-44(10)36-47(59)69(15,16)17)61(74-50)75-66(84)73(27-4,28-5)32-30-34-90-52(40-53(78)79)63(81)87-41-77(51)62/h24,39,42-49,52,59-60H,1,25-38,40-41H2,2-23H3,(H,76,85)(H,78,79)(H,74,75,84)/b50-39-. The maximum Gasteiger partial charge on any atom is 0.342 e. The van der Waals surface area contributed by atoms with Gasteiger partial charge in [-0.25, -0.2) is 14.4 Å². The third-order valence-electron chi connectivity index (χ3n) is 20.8. The Labute approximate surface area is 543 Å². The van der Waals surface area contributed by atoms with Crippen LogP contribution in [0, 0.1) is 68.0 Å². The zero-order chi connectivity index (χ0) is 68.0. The van der Waals surface area contributed by atoms with Gasteiger partial charge >= 0.3 is 29.8 Å². The molecule has 5 rings (SSSR count). The van der Waals surface area contributed by atoms with E-state index in [0.717, 1.165) is 43.5 Å². The van der Waals surface area contributed by atoms with Gasteiger partial charge in [-0.2, -0.15) is 4.99 Å². The lowest BCUT2D eigenvalue weighted by Gasteiger charge is -2.50. The monoisotopic (exact) mass is 1270 g/mol. The Morgan fingerprint density at radius 3 is 1.68 bits per heavy atom. The molecular weight excluding hydrogens is 1160 g/mol. The summed E-state index contributed by atoms with van der Waals surface area (Å²) in [5.41, 5.74) is -1.62. The maximum atomic E-state index is 16.3. The number of carbonyl (C=O) groups excluding carboxylic acids is 6. The maximum absolute atomic E-state index is 16.3. The Balaban J connectivity index is 2.04. The summed E-state index contributed by atoms with van der Waals surface area (Å²) in [5.74, 6) is -4.77. The van der Waals surface area contributed by atoms with Crippen molar-refractivity contribution in [1.82, 2.24) is 9.55 Å². The number of carboxylic acid groups (broad SMARTS) is 1. The van der Waals surface area contributed by atoms with Gasteiger partial charge in [-0.3, -0.25) is 23.7 Å². The van der Waals surface area contributed by atoms with Crippen LogP contribution in [-0.4, -0.2) is 86.1 Å². The quantitative estimate of drug-likeness (QED) is 0.0516. The number of esters is 4. The van der Waals surface area contributed by atoms with E-state index in [1.165, 1.54) is 0 Å². The van der Waals surface area contributed by atoms with Gasteiger partial charge in [0.1, 0.15) is 39.9 Å². The number of H-pyrrole nitrogens is 1. The molecule has 0 aromatic carbocycles. The number of cyclic esters (lactones) is 1. The molecule has 1 aliphatic heterocycles. The van der Waals surface area contributed by atoms with E-state index in [1.807, 2.05) is 55.4 Å². The number of thioether (sulfide) groups is 1. The van der Waals surface area contributed by atoms with Gasteiger partial charge in [0, 0.05) is 40.5 Å². The molecule has 3 N–H and O–H groups in total. The van der Waals surface area contributed by atoms with E-state index in [9.17, 15) is 19.5 Å². The number of aromatic amines is 1. The van der Waals surface area contributed by atoms with Crippen LogP contribution in [0.1, 0.15) is 285 Å². The average molecular weight is 1270 g/mol. The summed E-state index contributed by atoms with van der Waals surface area (Å²) in [6.45, 7) is 49.3. The zero-order valence-corrected chi connectivity index (χ0v) is 60.1. The SMILES string of the molecule is C=CC(=O)OCCCC(CC)(CC)C(=O)Nc1c(C(=O)OC2C(C(C)(C)C)CC(C)CC2C(C)(C)C)c(C(C)C)c2n1COC(=O)C(CC(=O)O)SCCCC(CC)(CC)C(=O)N=c1[nH]/c(c(C(C)C)c1C(=O)OC1C(C(C)(C)C)CC(C)CC1C(C)(C)C)=C\2. The summed E-state index contributed by atoms with van der Waals surface area (Å²) in [4.78, 5) is 111. The fourth-order valence-corrected chi connectivity index (χ4v) is 16.1. The number of fused-ring (bicyclic) bond motifs is 3. The van der Waals surface area contributed by atoms with Crippen LogP contribution in [0.2, 0.25) is 0 Å². The lowest BCUT2D eigenvalue weighted by molar-refractivity contribution is -0.149. The van der Waals surface area contributed by atoms with Crippen molar-refractivity contribution in [3.8, 4) is 0 Å². The van der Waals surface area contributed by atoms with Crippen molar-refractivity contribution >= 4 is 65.3 Å². The molecule has 3 aliphatic rings. The van der Waals surface area contributed by atoms with Crippen molar-refractivity contribution in [1.29, 1.82) is 0 Å². The normalized spacial score (nSPS) is 24.6. The second kappa shape index (κ2) is 30.3. The highest BCUT2D eigenvalue weighted by molar-refractivity contribution is 8.00. The van der Waals surface area contributed by atoms with Gasteiger partial charge < -0.3 is 34.4 Å². The van der Waals surface area contributed by atoms with Crippen molar-refractivity contribution in [2.45, 2.75) is 272 Å². The molecule has 5 unspecified atom stereocenters. The Morgan fingerprint density at radius 1 is 0.778 bits per heavy atom. The van der Waals surface area contributed by atoms with Crippen LogP contribution in [0.25, 0.3) is 6.08 Å². The number of carboxylic acids is 1.